The van der Waals surface area contributed by atoms with Gasteiger partial charge in [-0.05, 0) is 53.6 Å². The highest BCUT2D eigenvalue weighted by molar-refractivity contribution is 9.10. The van der Waals surface area contributed by atoms with Gasteiger partial charge in [0.1, 0.15) is 18.1 Å². The number of hydrogen-bond acceptors (Lipinski definition) is 4. The van der Waals surface area contributed by atoms with Gasteiger partial charge in [-0.15, -0.1) is 0 Å². The summed E-state index contributed by atoms with van der Waals surface area (Å²) < 4.78 is 6.75. The Bertz CT molecular complexity index is 1190. The van der Waals surface area contributed by atoms with Gasteiger partial charge in [0.25, 0.3) is 5.91 Å². The summed E-state index contributed by atoms with van der Waals surface area (Å²) >= 11 is 3.40. The SMILES string of the molecule is O=C(NN=Cc1cccc(Br)c1)c1cc(-c2ccc(OCc3ccccc3)cc2)n[nH]1. The smallest absolute Gasteiger partial charge is 0.289 e. The molecule has 4 aromatic rings. The first-order valence-electron chi connectivity index (χ1n) is 9.59. The number of hydrazone groups is 1. The number of aromatic nitrogens is 2. The van der Waals surface area contributed by atoms with Crippen LogP contribution in [0, 0.1) is 0 Å². The standard InChI is InChI=1S/C24H19BrN4O2/c25-20-8-4-7-18(13-20)15-26-29-24(30)23-14-22(27-28-23)19-9-11-21(12-10-19)31-16-17-5-2-1-3-6-17/h1-15H,16H2,(H,27,28)(H,29,30). The molecule has 1 aromatic heterocycles. The molecule has 1 heterocycles. The maximum Gasteiger partial charge on any atom is 0.289 e. The molecular formula is C24H19BrN4O2. The van der Waals surface area contributed by atoms with Crippen LogP contribution in [-0.4, -0.2) is 22.3 Å². The second kappa shape index (κ2) is 9.86. The molecule has 31 heavy (non-hydrogen) atoms. The van der Waals surface area contributed by atoms with Gasteiger partial charge in [0.05, 0.1) is 11.9 Å². The van der Waals surface area contributed by atoms with Gasteiger partial charge in [0, 0.05) is 10.0 Å². The van der Waals surface area contributed by atoms with Crippen molar-refractivity contribution in [2.24, 2.45) is 5.10 Å². The van der Waals surface area contributed by atoms with Crippen LogP contribution in [0.25, 0.3) is 11.3 Å². The van der Waals surface area contributed by atoms with Crippen LogP contribution >= 0.6 is 15.9 Å². The van der Waals surface area contributed by atoms with E-state index < -0.39 is 0 Å². The van der Waals surface area contributed by atoms with Crippen LogP contribution in [0.4, 0.5) is 0 Å². The molecule has 7 heteroatoms. The summed E-state index contributed by atoms with van der Waals surface area (Å²) in [6.45, 7) is 0.507. The minimum absolute atomic E-state index is 0.325. The molecule has 6 nitrogen and oxygen atoms in total. The Hall–Kier alpha value is -3.71. The Kier molecular flexibility index (Phi) is 6.54. The number of rotatable bonds is 7. The van der Waals surface area contributed by atoms with Crippen LogP contribution in [0.5, 0.6) is 5.75 Å². The van der Waals surface area contributed by atoms with Crippen LogP contribution in [0.3, 0.4) is 0 Å². The number of carbonyl (C=O) groups excluding carboxylic acids is 1. The Morgan fingerprint density at radius 1 is 1.03 bits per heavy atom. The van der Waals surface area contributed by atoms with Gasteiger partial charge in [-0.3, -0.25) is 9.89 Å². The third kappa shape index (κ3) is 5.67. The highest BCUT2D eigenvalue weighted by Crippen LogP contribution is 2.22. The normalized spacial score (nSPS) is 10.9. The molecule has 0 bridgehead atoms. The van der Waals surface area contributed by atoms with E-state index in [0.29, 0.717) is 18.0 Å². The van der Waals surface area contributed by atoms with Crippen LogP contribution in [-0.2, 0) is 6.61 Å². The van der Waals surface area contributed by atoms with Gasteiger partial charge in [-0.25, -0.2) is 5.43 Å². The van der Waals surface area contributed by atoms with Gasteiger partial charge < -0.3 is 4.74 Å². The number of benzene rings is 3. The molecule has 0 saturated heterocycles. The number of H-pyrrole nitrogens is 1. The summed E-state index contributed by atoms with van der Waals surface area (Å²) in [5.41, 5.74) is 6.34. The molecule has 0 aliphatic carbocycles. The molecular weight excluding hydrogens is 456 g/mol. The highest BCUT2D eigenvalue weighted by atomic mass is 79.9. The minimum Gasteiger partial charge on any atom is -0.489 e. The topological polar surface area (TPSA) is 79.4 Å². The average molecular weight is 475 g/mol. The molecule has 2 N–H and O–H groups in total. The van der Waals surface area contributed by atoms with Crippen LogP contribution < -0.4 is 10.2 Å². The average Bonchev–Trinajstić information content (AvgIpc) is 3.29. The van der Waals surface area contributed by atoms with Crippen molar-refractivity contribution in [3.63, 3.8) is 0 Å². The van der Waals surface area contributed by atoms with E-state index in [-0.39, 0.29) is 5.91 Å². The number of nitrogens with one attached hydrogen (secondary N) is 2. The van der Waals surface area contributed by atoms with E-state index in [1.807, 2.05) is 78.9 Å². The zero-order valence-corrected chi connectivity index (χ0v) is 18.0. The molecule has 0 saturated carbocycles. The zero-order valence-electron chi connectivity index (χ0n) is 16.5. The molecule has 0 radical (unpaired) electrons. The monoisotopic (exact) mass is 474 g/mol. The maximum atomic E-state index is 12.3. The lowest BCUT2D eigenvalue weighted by molar-refractivity contribution is 0.0950. The van der Waals surface area contributed by atoms with Crippen molar-refractivity contribution in [1.82, 2.24) is 15.6 Å². The van der Waals surface area contributed by atoms with E-state index in [0.717, 1.165) is 26.9 Å². The molecule has 0 unspecified atom stereocenters. The van der Waals surface area contributed by atoms with Gasteiger partial charge >= 0.3 is 0 Å². The summed E-state index contributed by atoms with van der Waals surface area (Å²) in [5, 5.41) is 11.0. The van der Waals surface area contributed by atoms with E-state index in [9.17, 15) is 4.79 Å². The van der Waals surface area contributed by atoms with E-state index in [4.69, 9.17) is 4.74 Å². The largest absolute Gasteiger partial charge is 0.489 e. The minimum atomic E-state index is -0.368. The van der Waals surface area contributed by atoms with Crippen molar-refractivity contribution < 1.29 is 9.53 Å². The van der Waals surface area contributed by atoms with Crippen molar-refractivity contribution in [2.45, 2.75) is 6.61 Å². The molecule has 0 aliphatic rings. The van der Waals surface area contributed by atoms with Crippen LogP contribution in [0.1, 0.15) is 21.6 Å². The molecule has 3 aromatic carbocycles. The van der Waals surface area contributed by atoms with Gasteiger partial charge in [-0.1, -0.05) is 58.4 Å². The lowest BCUT2D eigenvalue weighted by atomic mass is 10.1. The molecule has 154 valence electrons. The lowest BCUT2D eigenvalue weighted by Gasteiger charge is -2.06. The number of hydrogen-bond donors (Lipinski definition) is 2. The quantitative estimate of drug-likeness (QED) is 0.286. The van der Waals surface area contributed by atoms with Crippen molar-refractivity contribution in [1.29, 1.82) is 0 Å². The van der Waals surface area contributed by atoms with Gasteiger partial charge in [0.15, 0.2) is 0 Å². The second-order valence-corrected chi connectivity index (χ2v) is 7.64. The number of halogens is 1. The fourth-order valence-electron chi connectivity index (χ4n) is 2.86. The third-order valence-corrected chi connectivity index (χ3v) is 4.94. The molecule has 0 fully saturated rings. The Labute approximate surface area is 188 Å². The Balaban J connectivity index is 1.35. The molecule has 0 atom stereocenters. The molecule has 0 spiro atoms. The van der Waals surface area contributed by atoms with Crippen molar-refractivity contribution in [3.05, 3.63) is 106 Å². The summed E-state index contributed by atoms with van der Waals surface area (Å²) in [5.74, 6) is 0.399. The summed E-state index contributed by atoms with van der Waals surface area (Å²) in [7, 11) is 0. The van der Waals surface area contributed by atoms with Crippen LogP contribution in [0.2, 0.25) is 0 Å². The van der Waals surface area contributed by atoms with Crippen molar-refractivity contribution in [2.75, 3.05) is 0 Å². The fourth-order valence-corrected chi connectivity index (χ4v) is 3.28. The van der Waals surface area contributed by atoms with Crippen LogP contribution in [0.15, 0.2) is 94.5 Å². The van der Waals surface area contributed by atoms with Gasteiger partial charge in [-0.2, -0.15) is 10.2 Å². The number of aromatic amines is 1. The first-order chi connectivity index (χ1) is 15.2. The summed E-state index contributed by atoms with van der Waals surface area (Å²) in [4.78, 5) is 12.3. The molecule has 1 amide bonds. The maximum absolute atomic E-state index is 12.3. The number of carbonyl (C=O) groups is 1. The lowest BCUT2D eigenvalue weighted by Crippen LogP contribution is -2.17. The Morgan fingerprint density at radius 3 is 2.61 bits per heavy atom. The predicted molar refractivity (Wildman–Crippen MR) is 124 cm³/mol. The van der Waals surface area contributed by atoms with E-state index >= 15 is 0 Å². The second-order valence-electron chi connectivity index (χ2n) is 6.72. The number of ether oxygens (including phenoxy) is 1. The number of nitrogens with zero attached hydrogens (tertiary/aromatic N) is 2. The van der Waals surface area contributed by atoms with Gasteiger partial charge in [0.2, 0.25) is 0 Å². The first-order valence-corrected chi connectivity index (χ1v) is 10.4. The molecule has 0 aliphatic heterocycles. The van der Waals surface area contributed by atoms with E-state index in [1.165, 1.54) is 0 Å². The highest BCUT2D eigenvalue weighted by Gasteiger charge is 2.10. The number of amides is 1. The summed E-state index contributed by atoms with van der Waals surface area (Å²) in [6, 6.07) is 26.9. The molecule has 4 rings (SSSR count). The third-order valence-electron chi connectivity index (χ3n) is 4.45. The predicted octanol–water partition coefficient (Wildman–Crippen LogP) is 5.18. The van der Waals surface area contributed by atoms with E-state index in [2.05, 4.69) is 36.7 Å². The fraction of sp³-hybridized carbons (Fsp3) is 0.0417. The van der Waals surface area contributed by atoms with E-state index in [1.54, 1.807) is 12.3 Å². The first kappa shape index (κ1) is 20.6. The van der Waals surface area contributed by atoms with Crippen molar-refractivity contribution >= 4 is 28.1 Å². The Morgan fingerprint density at radius 2 is 1.84 bits per heavy atom. The summed E-state index contributed by atoms with van der Waals surface area (Å²) in [6.07, 6.45) is 1.58. The zero-order chi connectivity index (χ0) is 21.5. The van der Waals surface area contributed by atoms with Crippen molar-refractivity contribution in [3.8, 4) is 17.0 Å².